The summed E-state index contributed by atoms with van der Waals surface area (Å²) in [5.41, 5.74) is 1.24. The summed E-state index contributed by atoms with van der Waals surface area (Å²) in [5.74, 6) is 0. The molecule has 1 N–H and O–H groups in total. The molecule has 15 heavy (non-hydrogen) atoms. The number of hydrogen-bond acceptors (Lipinski definition) is 3. The van der Waals surface area contributed by atoms with E-state index < -0.39 is 0 Å². The lowest BCUT2D eigenvalue weighted by Crippen LogP contribution is -2.15. The summed E-state index contributed by atoms with van der Waals surface area (Å²) in [4.78, 5) is 1.37. The SMILES string of the molecule is CCn1nccc1CNCc1cccs1. The molecule has 4 heteroatoms. The van der Waals surface area contributed by atoms with Crippen molar-refractivity contribution >= 4 is 11.3 Å². The first-order valence-corrected chi connectivity index (χ1v) is 6.02. The molecule has 2 aromatic heterocycles. The lowest BCUT2D eigenvalue weighted by molar-refractivity contribution is 0.583. The standard InChI is InChI=1S/C11H15N3S/c1-2-14-10(5-6-13-14)8-12-9-11-4-3-7-15-11/h3-7,12H,2,8-9H2,1H3. The van der Waals surface area contributed by atoms with E-state index in [-0.39, 0.29) is 0 Å². The highest BCUT2D eigenvalue weighted by Crippen LogP contribution is 2.08. The minimum Gasteiger partial charge on any atom is -0.306 e. The molecule has 2 rings (SSSR count). The van der Waals surface area contributed by atoms with E-state index in [1.807, 2.05) is 10.9 Å². The van der Waals surface area contributed by atoms with Crippen molar-refractivity contribution < 1.29 is 0 Å². The van der Waals surface area contributed by atoms with Gasteiger partial charge in [0.05, 0.1) is 5.69 Å². The lowest BCUT2D eigenvalue weighted by Gasteiger charge is -2.05. The zero-order valence-electron chi connectivity index (χ0n) is 8.81. The van der Waals surface area contributed by atoms with Crippen LogP contribution >= 0.6 is 11.3 Å². The Hall–Kier alpha value is -1.13. The number of nitrogens with zero attached hydrogens (tertiary/aromatic N) is 2. The first-order chi connectivity index (χ1) is 7.40. The van der Waals surface area contributed by atoms with Crippen molar-refractivity contribution in [2.45, 2.75) is 26.6 Å². The van der Waals surface area contributed by atoms with Gasteiger partial charge in [-0.05, 0) is 24.4 Å². The molecule has 3 nitrogen and oxygen atoms in total. The predicted octanol–water partition coefficient (Wildman–Crippen LogP) is 2.25. The fourth-order valence-electron chi connectivity index (χ4n) is 1.52. The Morgan fingerprint density at radius 3 is 3.07 bits per heavy atom. The summed E-state index contributed by atoms with van der Waals surface area (Å²) in [6, 6.07) is 6.29. The van der Waals surface area contributed by atoms with E-state index in [1.54, 1.807) is 11.3 Å². The Labute approximate surface area is 93.7 Å². The first kappa shape index (κ1) is 10.4. The maximum atomic E-state index is 4.23. The van der Waals surface area contributed by atoms with Crippen LogP contribution in [0.5, 0.6) is 0 Å². The topological polar surface area (TPSA) is 29.9 Å². The molecule has 0 unspecified atom stereocenters. The van der Waals surface area contributed by atoms with Crippen molar-refractivity contribution in [2.24, 2.45) is 0 Å². The van der Waals surface area contributed by atoms with Gasteiger partial charge < -0.3 is 5.32 Å². The Balaban J connectivity index is 1.83. The maximum absolute atomic E-state index is 4.23. The molecule has 0 radical (unpaired) electrons. The van der Waals surface area contributed by atoms with Gasteiger partial charge in [-0.15, -0.1) is 11.3 Å². The summed E-state index contributed by atoms with van der Waals surface area (Å²) in [5, 5.41) is 9.75. The molecule has 0 aliphatic heterocycles. The summed E-state index contributed by atoms with van der Waals surface area (Å²) in [7, 11) is 0. The Morgan fingerprint density at radius 1 is 1.40 bits per heavy atom. The number of rotatable bonds is 5. The zero-order chi connectivity index (χ0) is 10.5. The van der Waals surface area contributed by atoms with Crippen LogP contribution in [-0.2, 0) is 19.6 Å². The number of aryl methyl sites for hydroxylation is 1. The maximum Gasteiger partial charge on any atom is 0.0522 e. The monoisotopic (exact) mass is 221 g/mol. The molecule has 0 bridgehead atoms. The number of hydrogen-bond donors (Lipinski definition) is 1. The van der Waals surface area contributed by atoms with Crippen LogP contribution in [0.2, 0.25) is 0 Å². The van der Waals surface area contributed by atoms with Gasteiger partial charge in [-0.25, -0.2) is 0 Å². The normalized spacial score (nSPS) is 10.7. The second kappa shape index (κ2) is 5.09. The molecule has 0 atom stereocenters. The molecular weight excluding hydrogens is 206 g/mol. The Morgan fingerprint density at radius 2 is 2.33 bits per heavy atom. The second-order valence-corrected chi connectivity index (χ2v) is 4.35. The van der Waals surface area contributed by atoms with E-state index in [4.69, 9.17) is 0 Å². The number of aromatic nitrogens is 2. The van der Waals surface area contributed by atoms with Gasteiger partial charge in [0.1, 0.15) is 0 Å². The highest BCUT2D eigenvalue weighted by molar-refractivity contribution is 7.09. The van der Waals surface area contributed by atoms with Crippen molar-refractivity contribution in [3.05, 3.63) is 40.3 Å². The fraction of sp³-hybridized carbons (Fsp3) is 0.364. The molecule has 2 heterocycles. The van der Waals surface area contributed by atoms with Crippen molar-refractivity contribution in [1.29, 1.82) is 0 Å². The van der Waals surface area contributed by atoms with Crippen LogP contribution in [0.4, 0.5) is 0 Å². The molecule has 0 saturated heterocycles. The summed E-state index contributed by atoms with van der Waals surface area (Å²) < 4.78 is 2.02. The summed E-state index contributed by atoms with van der Waals surface area (Å²) in [6.07, 6.45) is 1.85. The molecule has 80 valence electrons. The number of thiophene rings is 1. The van der Waals surface area contributed by atoms with E-state index >= 15 is 0 Å². The van der Waals surface area contributed by atoms with Gasteiger partial charge >= 0.3 is 0 Å². The van der Waals surface area contributed by atoms with Gasteiger partial charge in [0, 0.05) is 30.7 Å². The van der Waals surface area contributed by atoms with Gasteiger partial charge in [0.25, 0.3) is 0 Å². The third kappa shape index (κ3) is 2.67. The Kier molecular flexibility index (Phi) is 3.53. The van der Waals surface area contributed by atoms with E-state index in [2.05, 4.69) is 40.9 Å². The smallest absolute Gasteiger partial charge is 0.0522 e. The highest BCUT2D eigenvalue weighted by Gasteiger charge is 1.99. The molecule has 2 aromatic rings. The van der Waals surface area contributed by atoms with Gasteiger partial charge in [-0.3, -0.25) is 4.68 Å². The predicted molar refractivity (Wildman–Crippen MR) is 62.8 cm³/mol. The fourth-order valence-corrected chi connectivity index (χ4v) is 2.20. The van der Waals surface area contributed by atoms with Crippen LogP contribution in [0.15, 0.2) is 29.8 Å². The average molecular weight is 221 g/mol. The van der Waals surface area contributed by atoms with E-state index in [0.717, 1.165) is 19.6 Å². The largest absolute Gasteiger partial charge is 0.306 e. The average Bonchev–Trinajstić information content (AvgIpc) is 2.88. The van der Waals surface area contributed by atoms with Gasteiger partial charge in [-0.2, -0.15) is 5.10 Å². The van der Waals surface area contributed by atoms with Crippen molar-refractivity contribution in [2.75, 3.05) is 0 Å². The van der Waals surface area contributed by atoms with Crippen LogP contribution in [0.25, 0.3) is 0 Å². The molecular formula is C11H15N3S. The minimum atomic E-state index is 0.881. The van der Waals surface area contributed by atoms with E-state index in [1.165, 1.54) is 10.6 Å². The first-order valence-electron chi connectivity index (χ1n) is 5.14. The third-order valence-electron chi connectivity index (χ3n) is 2.29. The zero-order valence-corrected chi connectivity index (χ0v) is 9.63. The van der Waals surface area contributed by atoms with Crippen LogP contribution in [-0.4, -0.2) is 9.78 Å². The summed E-state index contributed by atoms with van der Waals surface area (Å²) >= 11 is 1.79. The van der Waals surface area contributed by atoms with Crippen molar-refractivity contribution in [3.8, 4) is 0 Å². The van der Waals surface area contributed by atoms with Crippen LogP contribution in [0, 0.1) is 0 Å². The lowest BCUT2D eigenvalue weighted by atomic mass is 10.4. The number of nitrogens with one attached hydrogen (secondary N) is 1. The van der Waals surface area contributed by atoms with E-state index in [0.29, 0.717) is 0 Å². The molecule has 0 saturated carbocycles. The van der Waals surface area contributed by atoms with Crippen molar-refractivity contribution in [1.82, 2.24) is 15.1 Å². The molecule has 0 aliphatic rings. The third-order valence-corrected chi connectivity index (χ3v) is 3.17. The van der Waals surface area contributed by atoms with Gasteiger partial charge in [-0.1, -0.05) is 6.07 Å². The molecule has 0 fully saturated rings. The summed E-state index contributed by atoms with van der Waals surface area (Å²) in [6.45, 7) is 4.86. The van der Waals surface area contributed by atoms with E-state index in [9.17, 15) is 0 Å². The van der Waals surface area contributed by atoms with Crippen molar-refractivity contribution in [3.63, 3.8) is 0 Å². The second-order valence-electron chi connectivity index (χ2n) is 3.32. The quantitative estimate of drug-likeness (QED) is 0.839. The van der Waals surface area contributed by atoms with Crippen LogP contribution in [0.1, 0.15) is 17.5 Å². The van der Waals surface area contributed by atoms with Crippen LogP contribution in [0.3, 0.4) is 0 Å². The molecule has 0 aromatic carbocycles. The highest BCUT2D eigenvalue weighted by atomic mass is 32.1. The molecule has 0 amide bonds. The Bertz CT molecular complexity index is 392. The van der Waals surface area contributed by atoms with Gasteiger partial charge in [0.2, 0.25) is 0 Å². The molecule has 0 spiro atoms. The molecule has 0 aliphatic carbocycles. The minimum absolute atomic E-state index is 0.881. The van der Waals surface area contributed by atoms with Crippen LogP contribution < -0.4 is 5.32 Å². The van der Waals surface area contributed by atoms with Gasteiger partial charge in [0.15, 0.2) is 0 Å².